The number of rotatable bonds is 4. The number of hydrogen-bond acceptors (Lipinski definition) is 4. The average molecular weight is 213 g/mol. The minimum atomic E-state index is -1.10. The molecule has 0 aromatic carbocycles. The predicted octanol–water partition coefficient (Wildman–Crippen LogP) is 1.20. The molecular weight excluding hydrogens is 202 g/mol. The molecule has 1 aromatic rings. The molecule has 2 N–H and O–H groups in total. The summed E-state index contributed by atoms with van der Waals surface area (Å²) in [4.78, 5) is 27.1. The van der Waals surface area contributed by atoms with Crippen LogP contribution in [0.5, 0.6) is 0 Å². The predicted molar refractivity (Wildman–Crippen MR) is 50.6 cm³/mol. The fourth-order valence-electron chi connectivity index (χ4n) is 1.36. The van der Waals surface area contributed by atoms with E-state index in [1.165, 1.54) is 0 Å². The molecule has 0 spiro atoms. The summed E-state index contributed by atoms with van der Waals surface area (Å²) in [5.74, 6) is -2.03. The number of hydrogen-bond donors (Lipinski definition) is 2. The van der Waals surface area contributed by atoms with E-state index in [2.05, 4.69) is 9.97 Å². The van der Waals surface area contributed by atoms with Crippen LogP contribution in [0, 0.1) is 17.0 Å². The fourth-order valence-corrected chi connectivity index (χ4v) is 1.36. The Bertz CT molecular complexity index is 399. The lowest BCUT2D eigenvalue weighted by Crippen LogP contribution is -2.12. The van der Waals surface area contributed by atoms with Crippen LogP contribution in [0.3, 0.4) is 0 Å². The average Bonchev–Trinajstić information content (AvgIpc) is 2.48. The van der Waals surface area contributed by atoms with E-state index >= 15 is 0 Å². The summed E-state index contributed by atoms with van der Waals surface area (Å²) >= 11 is 0. The van der Waals surface area contributed by atoms with Crippen molar-refractivity contribution in [2.45, 2.75) is 26.2 Å². The summed E-state index contributed by atoms with van der Waals surface area (Å²) in [6.45, 7) is 3.19. The first-order chi connectivity index (χ1) is 6.97. The highest BCUT2D eigenvalue weighted by atomic mass is 16.6. The van der Waals surface area contributed by atoms with Gasteiger partial charge < -0.3 is 15.2 Å². The van der Waals surface area contributed by atoms with Crippen molar-refractivity contribution in [3.63, 3.8) is 0 Å². The Morgan fingerprint density at radius 2 is 2.33 bits per heavy atom. The zero-order chi connectivity index (χ0) is 11.6. The van der Waals surface area contributed by atoms with E-state index < -0.39 is 16.8 Å². The van der Waals surface area contributed by atoms with Crippen molar-refractivity contribution in [1.82, 2.24) is 9.97 Å². The number of nitro groups is 1. The number of carboxylic acids is 1. The molecule has 0 amide bonds. The van der Waals surface area contributed by atoms with Crippen LogP contribution in [-0.2, 0) is 4.79 Å². The first-order valence-corrected chi connectivity index (χ1v) is 4.41. The third-order valence-electron chi connectivity index (χ3n) is 2.05. The Labute approximate surface area is 85.3 Å². The Balaban J connectivity index is 3.22. The molecule has 7 nitrogen and oxygen atoms in total. The van der Waals surface area contributed by atoms with Gasteiger partial charge in [-0.1, -0.05) is 6.92 Å². The van der Waals surface area contributed by atoms with Gasteiger partial charge in [0.05, 0.1) is 0 Å². The maximum Gasteiger partial charge on any atom is 0.344 e. The van der Waals surface area contributed by atoms with Crippen LogP contribution in [-0.4, -0.2) is 26.0 Å². The molecule has 0 saturated carbocycles. The standard InChI is InChI=1S/C8H11N3O4/c1-3-5(8(12)13)6-7(11(14)15)10-4(2)9-6/h5H,3H2,1-2H3,(H,9,10)(H,12,13). The maximum atomic E-state index is 10.8. The second kappa shape index (κ2) is 4.07. The van der Waals surface area contributed by atoms with Crippen LogP contribution < -0.4 is 0 Å². The van der Waals surface area contributed by atoms with Crippen LogP contribution >= 0.6 is 0 Å². The normalized spacial score (nSPS) is 12.4. The second-order valence-corrected chi connectivity index (χ2v) is 3.11. The summed E-state index contributed by atoms with van der Waals surface area (Å²) in [5.41, 5.74) is -0.00694. The van der Waals surface area contributed by atoms with Crippen molar-refractivity contribution in [2.24, 2.45) is 0 Å². The lowest BCUT2D eigenvalue weighted by molar-refractivity contribution is -0.390. The Morgan fingerprint density at radius 1 is 1.73 bits per heavy atom. The topological polar surface area (TPSA) is 109 Å². The van der Waals surface area contributed by atoms with Crippen LogP contribution in [0.15, 0.2) is 0 Å². The number of imidazole rings is 1. The highest BCUT2D eigenvalue weighted by Crippen LogP contribution is 2.26. The number of aromatic nitrogens is 2. The minimum Gasteiger partial charge on any atom is -0.481 e. The molecule has 82 valence electrons. The van der Waals surface area contributed by atoms with Gasteiger partial charge >= 0.3 is 11.8 Å². The molecule has 0 saturated heterocycles. The molecule has 0 radical (unpaired) electrons. The third-order valence-corrected chi connectivity index (χ3v) is 2.05. The van der Waals surface area contributed by atoms with Gasteiger partial charge in [-0.15, -0.1) is 0 Å². The molecule has 1 unspecified atom stereocenters. The van der Waals surface area contributed by atoms with Crippen LogP contribution in [0.2, 0.25) is 0 Å². The summed E-state index contributed by atoms with van der Waals surface area (Å²) in [5, 5.41) is 19.5. The maximum absolute atomic E-state index is 10.8. The lowest BCUT2D eigenvalue weighted by atomic mass is 10.0. The summed E-state index contributed by atoms with van der Waals surface area (Å²) in [6.07, 6.45) is 0.264. The summed E-state index contributed by atoms with van der Waals surface area (Å²) in [7, 11) is 0. The SMILES string of the molecule is CCC(C(=O)O)c1nc(C)[nH]c1[N+](=O)[O-]. The molecule has 0 aliphatic rings. The number of aryl methyl sites for hydroxylation is 1. The number of aliphatic carboxylic acids is 1. The van der Waals surface area contributed by atoms with Crippen molar-refractivity contribution in [3.8, 4) is 0 Å². The minimum absolute atomic E-state index is 0.00694. The lowest BCUT2D eigenvalue weighted by Gasteiger charge is -2.05. The highest BCUT2D eigenvalue weighted by Gasteiger charge is 2.29. The highest BCUT2D eigenvalue weighted by molar-refractivity contribution is 5.76. The van der Waals surface area contributed by atoms with Gasteiger partial charge in [0.25, 0.3) is 0 Å². The number of carboxylic acid groups (broad SMARTS) is 1. The molecule has 1 atom stereocenters. The van der Waals surface area contributed by atoms with E-state index in [1.807, 2.05) is 0 Å². The molecule has 1 heterocycles. The summed E-state index contributed by atoms with van der Waals surface area (Å²) < 4.78 is 0. The van der Waals surface area contributed by atoms with E-state index in [0.29, 0.717) is 5.82 Å². The smallest absolute Gasteiger partial charge is 0.344 e. The van der Waals surface area contributed by atoms with E-state index in [4.69, 9.17) is 5.11 Å². The molecule has 7 heteroatoms. The number of nitrogens with one attached hydrogen (secondary N) is 1. The van der Waals surface area contributed by atoms with E-state index in [0.717, 1.165) is 0 Å². The Kier molecular flexibility index (Phi) is 3.03. The van der Waals surface area contributed by atoms with Crippen molar-refractivity contribution < 1.29 is 14.8 Å². The number of aromatic amines is 1. The van der Waals surface area contributed by atoms with Crippen molar-refractivity contribution >= 4 is 11.8 Å². The monoisotopic (exact) mass is 213 g/mol. The van der Waals surface area contributed by atoms with Gasteiger partial charge in [0.1, 0.15) is 5.92 Å². The number of carbonyl (C=O) groups is 1. The second-order valence-electron chi connectivity index (χ2n) is 3.11. The van der Waals surface area contributed by atoms with E-state index in [1.54, 1.807) is 13.8 Å². The van der Waals surface area contributed by atoms with Gasteiger partial charge in [-0.3, -0.25) is 4.79 Å². The van der Waals surface area contributed by atoms with Gasteiger partial charge in [-0.25, -0.2) is 9.97 Å². The Morgan fingerprint density at radius 3 is 2.73 bits per heavy atom. The molecular formula is C8H11N3O4. The molecule has 1 aromatic heterocycles. The first-order valence-electron chi connectivity index (χ1n) is 4.41. The molecule has 0 aliphatic carbocycles. The molecule has 0 fully saturated rings. The molecule has 0 aliphatic heterocycles. The summed E-state index contributed by atoms with van der Waals surface area (Å²) in [6, 6.07) is 0. The zero-order valence-corrected chi connectivity index (χ0v) is 8.35. The van der Waals surface area contributed by atoms with E-state index in [9.17, 15) is 14.9 Å². The molecule has 1 rings (SSSR count). The molecule has 15 heavy (non-hydrogen) atoms. The van der Waals surface area contributed by atoms with Crippen molar-refractivity contribution in [2.75, 3.05) is 0 Å². The third kappa shape index (κ3) is 2.12. The van der Waals surface area contributed by atoms with Crippen LogP contribution in [0.4, 0.5) is 5.82 Å². The number of nitrogens with zero attached hydrogens (tertiary/aromatic N) is 2. The van der Waals surface area contributed by atoms with Crippen LogP contribution in [0.1, 0.15) is 30.8 Å². The van der Waals surface area contributed by atoms with Crippen LogP contribution in [0.25, 0.3) is 0 Å². The van der Waals surface area contributed by atoms with E-state index in [-0.39, 0.29) is 17.9 Å². The van der Waals surface area contributed by atoms with Crippen molar-refractivity contribution in [1.29, 1.82) is 0 Å². The zero-order valence-electron chi connectivity index (χ0n) is 8.35. The number of H-pyrrole nitrogens is 1. The largest absolute Gasteiger partial charge is 0.481 e. The first kappa shape index (κ1) is 11.2. The quantitative estimate of drug-likeness (QED) is 0.577. The van der Waals surface area contributed by atoms with Gasteiger partial charge in [0, 0.05) is 6.92 Å². The van der Waals surface area contributed by atoms with Crippen molar-refractivity contribution in [3.05, 3.63) is 21.6 Å². The Hall–Kier alpha value is -1.92. The van der Waals surface area contributed by atoms with Gasteiger partial charge in [0.2, 0.25) is 0 Å². The molecule has 0 bridgehead atoms. The fraction of sp³-hybridized carbons (Fsp3) is 0.500. The van der Waals surface area contributed by atoms with Gasteiger partial charge in [-0.2, -0.15) is 0 Å². The van der Waals surface area contributed by atoms with Gasteiger partial charge in [0.15, 0.2) is 11.5 Å². The van der Waals surface area contributed by atoms with Gasteiger partial charge in [-0.05, 0) is 11.3 Å².